The van der Waals surface area contributed by atoms with Crippen LogP contribution in [0.5, 0.6) is 0 Å². The Kier molecular flexibility index (Phi) is 4.10. The summed E-state index contributed by atoms with van der Waals surface area (Å²) in [6.07, 6.45) is 0. The Morgan fingerprint density at radius 1 is 1.17 bits per heavy atom. The smallest absolute Gasteiger partial charge is 0.147 e. The van der Waals surface area contributed by atoms with Crippen LogP contribution in [0.25, 0.3) is 0 Å². The van der Waals surface area contributed by atoms with Gasteiger partial charge in [-0.25, -0.2) is 0 Å². The number of halogens is 1. The van der Waals surface area contributed by atoms with Crippen LogP contribution in [-0.4, -0.2) is 0 Å². The van der Waals surface area contributed by atoms with E-state index in [1.165, 1.54) is 0 Å². The van der Waals surface area contributed by atoms with Crippen LogP contribution in [0.15, 0.2) is 0 Å². The van der Waals surface area contributed by atoms with E-state index in [0.717, 1.165) is 0 Å². The van der Waals surface area contributed by atoms with E-state index in [0.29, 0.717) is 0 Å². The Labute approximate surface area is 40.5 Å². The van der Waals surface area contributed by atoms with Gasteiger partial charge < -0.3 is 19.2 Å². The van der Waals surface area contributed by atoms with Gasteiger partial charge in [0.05, 0.1) is 0 Å². The summed E-state index contributed by atoms with van der Waals surface area (Å²) in [6.45, 7) is 0. The van der Waals surface area contributed by atoms with E-state index in [2.05, 4.69) is 0 Å². The highest BCUT2D eigenvalue weighted by Gasteiger charge is 1.44. The van der Waals surface area contributed by atoms with Gasteiger partial charge in [-0.3, -0.25) is 0 Å². The normalized spacial score (nSPS) is 9.83. The lowest BCUT2D eigenvalue weighted by Crippen LogP contribution is -2.24. The average Bonchev–Trinajstić information content (AvgIpc) is 0.722. The molecule has 4 nitrogen and oxygen atoms in total. The molecule has 0 aliphatic rings. The zero-order valence-corrected chi connectivity index (χ0v) is 4.20. The van der Waals surface area contributed by atoms with Crippen LogP contribution in [0.1, 0.15) is 0 Å². The van der Waals surface area contributed by atoms with Gasteiger partial charge in [0.1, 0.15) is 0 Å². The first-order valence-corrected chi connectivity index (χ1v) is 2.19. The van der Waals surface area contributed by atoms with Crippen molar-refractivity contribution >= 4 is 20.2 Å². The van der Waals surface area contributed by atoms with Gasteiger partial charge in [-0.1, -0.05) is 0 Å². The second kappa shape index (κ2) is 2.55. The van der Waals surface area contributed by atoms with Crippen LogP contribution < -0.4 is 14.7 Å². The fourth-order valence-corrected chi connectivity index (χ4v) is 0. The van der Waals surface area contributed by atoms with Gasteiger partial charge in [-0.15, -0.1) is 12.4 Å². The van der Waals surface area contributed by atoms with Crippen molar-refractivity contribution in [1.82, 2.24) is 0 Å². The largest absolute Gasteiger partial charge is 0.822 e. The number of hydrogen-bond acceptors (Lipinski definition) is 4. The third-order valence-corrected chi connectivity index (χ3v) is 0. The van der Waals surface area contributed by atoms with Crippen molar-refractivity contribution in [2.24, 2.45) is 0 Å². The summed E-state index contributed by atoms with van der Waals surface area (Å²) >= 11 is 0. The molecule has 0 aliphatic carbocycles. The number of hydrogen-bond donors (Lipinski definition) is 0. The molecule has 0 atom stereocenters. The second-order valence-corrected chi connectivity index (χ2v) is 1.34. The Bertz CT molecular complexity index is 53.7. The van der Waals surface area contributed by atoms with Crippen LogP contribution in [0.2, 0.25) is 0 Å². The third-order valence-electron chi connectivity index (χ3n) is 0. The molecule has 0 rings (SSSR count). The first-order valence-electron chi connectivity index (χ1n) is 0.730. The molecule has 6 heavy (non-hydrogen) atoms. The monoisotopic (exact) mass is 131 g/mol. The van der Waals surface area contributed by atoms with Gasteiger partial charge in [0, 0.05) is 0 Å². The summed E-state index contributed by atoms with van der Waals surface area (Å²) < 4.78 is 8.55. The summed E-state index contributed by atoms with van der Waals surface area (Å²) in [6, 6.07) is 0. The average molecular weight is 131 g/mol. The lowest BCUT2D eigenvalue weighted by Gasteiger charge is -2.36. The minimum atomic E-state index is -5.39. The van der Waals surface area contributed by atoms with Gasteiger partial charge >= 0.3 is 0 Å². The van der Waals surface area contributed by atoms with E-state index in [-0.39, 0.29) is 12.4 Å². The number of phosphoric acid groups is 1. The highest BCUT2D eigenvalue weighted by atomic mass is 35.5. The minimum absolute atomic E-state index is 0. The van der Waals surface area contributed by atoms with E-state index in [9.17, 15) is 0 Å². The maximum absolute atomic E-state index is 8.55. The molecule has 0 fully saturated rings. The highest BCUT2D eigenvalue weighted by molar-refractivity contribution is 7.40. The molecule has 0 aromatic carbocycles. The van der Waals surface area contributed by atoms with Crippen molar-refractivity contribution in [3.05, 3.63) is 0 Å². The van der Waals surface area contributed by atoms with Crippen LogP contribution in [-0.2, 0) is 4.57 Å². The fraction of sp³-hybridized carbons (Fsp3) is 0. The molecule has 0 saturated carbocycles. The first kappa shape index (κ1) is 9.64. The van der Waals surface area contributed by atoms with Gasteiger partial charge in [-0.2, -0.15) is 7.82 Å². The van der Waals surface area contributed by atoms with E-state index < -0.39 is 7.82 Å². The summed E-state index contributed by atoms with van der Waals surface area (Å²) in [7, 11) is -5.39. The van der Waals surface area contributed by atoms with Crippen molar-refractivity contribution in [1.29, 1.82) is 0 Å². The molecule has 0 heterocycles. The van der Waals surface area contributed by atoms with Crippen LogP contribution in [0.4, 0.5) is 0 Å². The molecule has 0 spiro atoms. The van der Waals surface area contributed by atoms with Crippen molar-refractivity contribution in [2.45, 2.75) is 0 Å². The summed E-state index contributed by atoms with van der Waals surface area (Å²) in [5.74, 6) is 0. The van der Waals surface area contributed by atoms with Gasteiger partial charge in [0.2, 0.25) is 0 Å². The third kappa shape index (κ3) is 318. The molecule has 0 bridgehead atoms. The highest BCUT2D eigenvalue weighted by Crippen LogP contribution is 2.03. The summed E-state index contributed by atoms with van der Waals surface area (Å²) in [5.41, 5.74) is 0. The quantitative estimate of drug-likeness (QED) is 0.343. The van der Waals surface area contributed by atoms with Crippen LogP contribution in [0.3, 0.4) is 0 Å². The lowest BCUT2D eigenvalue weighted by molar-refractivity contribution is -0.432. The Morgan fingerprint density at radius 3 is 1.17 bits per heavy atom. The molecule has 0 saturated heterocycles. The predicted octanol–water partition coefficient (Wildman–Crippen LogP) is -2.40. The Balaban J connectivity index is 0. The van der Waals surface area contributed by atoms with Crippen LogP contribution >= 0.6 is 20.2 Å². The van der Waals surface area contributed by atoms with Gasteiger partial charge in [0.15, 0.2) is 0 Å². The maximum atomic E-state index is 8.55. The lowest BCUT2D eigenvalue weighted by atomic mass is 15.8. The van der Waals surface area contributed by atoms with Crippen molar-refractivity contribution in [3.63, 3.8) is 0 Å². The minimum Gasteiger partial charge on any atom is -0.822 e. The van der Waals surface area contributed by atoms with Crippen molar-refractivity contribution in [2.75, 3.05) is 0 Å². The van der Waals surface area contributed by atoms with Crippen molar-refractivity contribution < 1.29 is 19.2 Å². The molecule has 0 N–H and O–H groups in total. The molecule has 0 aliphatic heterocycles. The van der Waals surface area contributed by atoms with E-state index >= 15 is 0 Å². The first-order chi connectivity index (χ1) is 2.00. The fourth-order valence-electron chi connectivity index (χ4n) is 0. The molecule has 40 valence electrons. The van der Waals surface area contributed by atoms with E-state index in [4.69, 9.17) is 19.2 Å². The van der Waals surface area contributed by atoms with Gasteiger partial charge in [0.25, 0.3) is 0 Å². The SMILES string of the molecule is Cl.O=P([O-])([O-])[O-]. The van der Waals surface area contributed by atoms with Crippen LogP contribution in [0, 0.1) is 0 Å². The molecule has 0 radical (unpaired) electrons. The Hall–Kier alpha value is 0.400. The topological polar surface area (TPSA) is 86.2 Å². The molecule has 0 aromatic heterocycles. The van der Waals surface area contributed by atoms with E-state index in [1.54, 1.807) is 0 Å². The molecular weight excluding hydrogens is 130 g/mol. The van der Waals surface area contributed by atoms with E-state index in [1.807, 2.05) is 0 Å². The Morgan fingerprint density at radius 2 is 1.17 bits per heavy atom. The summed E-state index contributed by atoms with van der Waals surface area (Å²) in [4.78, 5) is 25.6. The molecule has 0 unspecified atom stereocenters. The molecular formula is HClO4P-3. The molecule has 0 aromatic rings. The van der Waals surface area contributed by atoms with Gasteiger partial charge in [-0.05, 0) is 0 Å². The molecule has 0 amide bonds. The summed E-state index contributed by atoms with van der Waals surface area (Å²) in [5, 5.41) is 0. The zero-order chi connectivity index (χ0) is 4.50. The standard InChI is InChI=1S/ClH.H3O4P/c;1-5(2,3)4/h1H;(H3,1,2,3,4)/p-3. The van der Waals surface area contributed by atoms with Crippen molar-refractivity contribution in [3.8, 4) is 0 Å². The maximum Gasteiger partial charge on any atom is -0.147 e. The zero-order valence-electron chi connectivity index (χ0n) is 2.49. The predicted molar refractivity (Wildman–Crippen MR) is 14.9 cm³/mol. The number of rotatable bonds is 0. The molecule has 6 heteroatoms. The second-order valence-electron chi connectivity index (χ2n) is 0.447.